The van der Waals surface area contributed by atoms with Gasteiger partial charge in [0.2, 0.25) is 5.88 Å². The van der Waals surface area contributed by atoms with Gasteiger partial charge in [-0.2, -0.15) is 4.98 Å². The van der Waals surface area contributed by atoms with E-state index in [-0.39, 0.29) is 0 Å². The third-order valence-corrected chi connectivity index (χ3v) is 2.82. The number of hydrogen-bond donors (Lipinski definition) is 1. The topological polar surface area (TPSA) is 56.3 Å². The highest BCUT2D eigenvalue weighted by Crippen LogP contribution is 2.22. The highest BCUT2D eigenvalue weighted by atomic mass is 16.5. The Morgan fingerprint density at radius 1 is 1.00 bits per heavy atom. The van der Waals surface area contributed by atoms with E-state index in [0.717, 1.165) is 49.6 Å². The van der Waals surface area contributed by atoms with Gasteiger partial charge in [-0.3, -0.25) is 0 Å². The Balaban J connectivity index is 2.67. The van der Waals surface area contributed by atoms with E-state index < -0.39 is 0 Å². The fourth-order valence-electron chi connectivity index (χ4n) is 1.70. The Hall–Kier alpha value is -1.36. The first-order chi connectivity index (χ1) is 9.72. The number of aryl methyl sites for hydroxylation is 1. The molecule has 0 saturated heterocycles. The molecule has 1 aromatic rings. The molecule has 114 valence electrons. The lowest BCUT2D eigenvalue weighted by Crippen LogP contribution is -2.12. The summed E-state index contributed by atoms with van der Waals surface area (Å²) in [5.74, 6) is 2.34. The molecule has 0 aliphatic rings. The second kappa shape index (κ2) is 9.53. The molecule has 0 fully saturated rings. The van der Waals surface area contributed by atoms with Gasteiger partial charge in [-0.25, -0.2) is 4.98 Å². The van der Waals surface area contributed by atoms with Gasteiger partial charge in [-0.1, -0.05) is 20.8 Å². The standard InChI is InChI=1S/C15H27N3O2/c1-5-8-16-14-12(4)15(18-13(7-3)17-14)20-11-10-19-9-6-2/h5-11H2,1-4H3,(H,16,17,18). The Morgan fingerprint density at radius 3 is 2.45 bits per heavy atom. The van der Waals surface area contributed by atoms with Crippen LogP contribution in [0.15, 0.2) is 0 Å². The van der Waals surface area contributed by atoms with Crippen LogP contribution in [-0.4, -0.2) is 36.3 Å². The number of ether oxygens (including phenoxy) is 2. The summed E-state index contributed by atoms with van der Waals surface area (Å²) >= 11 is 0. The van der Waals surface area contributed by atoms with E-state index in [1.54, 1.807) is 0 Å². The summed E-state index contributed by atoms with van der Waals surface area (Å²) in [7, 11) is 0. The van der Waals surface area contributed by atoms with E-state index in [1.165, 1.54) is 0 Å². The van der Waals surface area contributed by atoms with Crippen LogP contribution >= 0.6 is 0 Å². The molecule has 1 aromatic heterocycles. The summed E-state index contributed by atoms with van der Waals surface area (Å²) in [6, 6.07) is 0. The van der Waals surface area contributed by atoms with Crippen molar-refractivity contribution in [3.8, 4) is 5.88 Å². The molecular formula is C15H27N3O2. The predicted octanol–water partition coefficient (Wildman–Crippen LogP) is 2.97. The van der Waals surface area contributed by atoms with Crippen LogP contribution in [0.4, 0.5) is 5.82 Å². The van der Waals surface area contributed by atoms with Crippen LogP contribution in [0.1, 0.15) is 45.0 Å². The monoisotopic (exact) mass is 281 g/mol. The fraction of sp³-hybridized carbons (Fsp3) is 0.733. The van der Waals surface area contributed by atoms with Crippen molar-refractivity contribution in [1.82, 2.24) is 9.97 Å². The molecule has 0 radical (unpaired) electrons. The van der Waals surface area contributed by atoms with Crippen LogP contribution in [-0.2, 0) is 11.2 Å². The Morgan fingerprint density at radius 2 is 1.80 bits per heavy atom. The zero-order valence-corrected chi connectivity index (χ0v) is 13.2. The SMILES string of the molecule is CCCNc1nc(CC)nc(OCCOCCC)c1C. The maximum Gasteiger partial charge on any atom is 0.221 e. The molecule has 1 rings (SSSR count). The van der Waals surface area contributed by atoms with Crippen LogP contribution in [0.5, 0.6) is 5.88 Å². The van der Waals surface area contributed by atoms with Crippen molar-refractivity contribution in [3.05, 3.63) is 11.4 Å². The first kappa shape index (κ1) is 16.7. The van der Waals surface area contributed by atoms with Gasteiger partial charge < -0.3 is 14.8 Å². The molecule has 5 heteroatoms. The maximum atomic E-state index is 5.73. The average molecular weight is 281 g/mol. The van der Waals surface area contributed by atoms with Crippen molar-refractivity contribution < 1.29 is 9.47 Å². The van der Waals surface area contributed by atoms with Gasteiger partial charge in [0, 0.05) is 19.6 Å². The van der Waals surface area contributed by atoms with Gasteiger partial charge in [0.1, 0.15) is 18.2 Å². The van der Waals surface area contributed by atoms with Gasteiger partial charge in [0.05, 0.1) is 12.2 Å². The summed E-state index contributed by atoms with van der Waals surface area (Å²) in [6.45, 7) is 11.0. The summed E-state index contributed by atoms with van der Waals surface area (Å²) in [5.41, 5.74) is 0.964. The van der Waals surface area contributed by atoms with Gasteiger partial charge in [0.15, 0.2) is 0 Å². The van der Waals surface area contributed by atoms with E-state index in [2.05, 4.69) is 29.1 Å². The number of nitrogens with zero attached hydrogens (tertiary/aromatic N) is 2. The van der Waals surface area contributed by atoms with Gasteiger partial charge >= 0.3 is 0 Å². The number of anilines is 1. The lowest BCUT2D eigenvalue weighted by molar-refractivity contribution is 0.0986. The van der Waals surface area contributed by atoms with Gasteiger partial charge in [0.25, 0.3) is 0 Å². The van der Waals surface area contributed by atoms with Crippen molar-refractivity contribution in [3.63, 3.8) is 0 Å². The van der Waals surface area contributed by atoms with Crippen molar-refractivity contribution >= 4 is 5.82 Å². The van der Waals surface area contributed by atoms with Crippen molar-refractivity contribution in [2.75, 3.05) is 31.7 Å². The zero-order chi connectivity index (χ0) is 14.8. The van der Waals surface area contributed by atoms with Crippen LogP contribution in [0.3, 0.4) is 0 Å². The first-order valence-electron chi connectivity index (χ1n) is 7.54. The third kappa shape index (κ3) is 5.33. The van der Waals surface area contributed by atoms with E-state index >= 15 is 0 Å². The Labute approximate surface area is 122 Å². The molecule has 5 nitrogen and oxygen atoms in total. The highest BCUT2D eigenvalue weighted by Gasteiger charge is 2.11. The highest BCUT2D eigenvalue weighted by molar-refractivity contribution is 5.48. The zero-order valence-electron chi connectivity index (χ0n) is 13.2. The smallest absolute Gasteiger partial charge is 0.221 e. The molecule has 0 atom stereocenters. The molecule has 0 aliphatic carbocycles. The Kier molecular flexibility index (Phi) is 7.95. The second-order valence-corrected chi connectivity index (χ2v) is 4.66. The largest absolute Gasteiger partial charge is 0.475 e. The molecular weight excluding hydrogens is 254 g/mol. The van der Waals surface area contributed by atoms with Gasteiger partial charge in [-0.05, 0) is 19.8 Å². The molecule has 0 bridgehead atoms. The molecule has 0 spiro atoms. The third-order valence-electron chi connectivity index (χ3n) is 2.82. The van der Waals surface area contributed by atoms with E-state index in [9.17, 15) is 0 Å². The minimum Gasteiger partial charge on any atom is -0.475 e. The summed E-state index contributed by atoms with van der Waals surface area (Å²) in [6.07, 6.45) is 2.88. The minimum absolute atomic E-state index is 0.522. The number of hydrogen-bond acceptors (Lipinski definition) is 5. The quantitative estimate of drug-likeness (QED) is 0.668. The van der Waals surface area contributed by atoms with Crippen molar-refractivity contribution in [1.29, 1.82) is 0 Å². The molecule has 0 aromatic carbocycles. The summed E-state index contributed by atoms with van der Waals surface area (Å²) in [4.78, 5) is 8.96. The van der Waals surface area contributed by atoms with Crippen molar-refractivity contribution in [2.24, 2.45) is 0 Å². The maximum absolute atomic E-state index is 5.73. The molecule has 0 amide bonds. The first-order valence-corrected chi connectivity index (χ1v) is 7.54. The summed E-state index contributed by atoms with van der Waals surface area (Å²) in [5, 5.41) is 3.33. The van der Waals surface area contributed by atoms with E-state index in [1.807, 2.05) is 13.8 Å². The number of rotatable bonds is 10. The Bertz CT molecular complexity index is 397. The minimum atomic E-state index is 0.522. The van der Waals surface area contributed by atoms with Crippen molar-refractivity contribution in [2.45, 2.75) is 47.0 Å². The second-order valence-electron chi connectivity index (χ2n) is 4.66. The fourth-order valence-corrected chi connectivity index (χ4v) is 1.70. The lowest BCUT2D eigenvalue weighted by atomic mass is 10.3. The van der Waals surface area contributed by atoms with Crippen LogP contribution in [0.2, 0.25) is 0 Å². The van der Waals surface area contributed by atoms with Gasteiger partial charge in [-0.15, -0.1) is 0 Å². The molecule has 0 saturated carbocycles. The average Bonchev–Trinajstić information content (AvgIpc) is 2.47. The van der Waals surface area contributed by atoms with E-state index in [4.69, 9.17) is 9.47 Å². The van der Waals surface area contributed by atoms with Crippen LogP contribution in [0.25, 0.3) is 0 Å². The van der Waals surface area contributed by atoms with Crippen LogP contribution < -0.4 is 10.1 Å². The normalized spacial score (nSPS) is 10.6. The summed E-state index contributed by atoms with van der Waals surface area (Å²) < 4.78 is 11.1. The number of aromatic nitrogens is 2. The molecule has 1 N–H and O–H groups in total. The predicted molar refractivity (Wildman–Crippen MR) is 81.5 cm³/mol. The molecule has 0 unspecified atom stereocenters. The molecule has 0 aliphatic heterocycles. The van der Waals surface area contributed by atoms with Crippen LogP contribution in [0, 0.1) is 6.92 Å². The lowest BCUT2D eigenvalue weighted by Gasteiger charge is -2.14. The molecule has 1 heterocycles. The molecule has 20 heavy (non-hydrogen) atoms. The number of nitrogens with one attached hydrogen (secondary N) is 1. The van der Waals surface area contributed by atoms with E-state index in [0.29, 0.717) is 19.1 Å².